The summed E-state index contributed by atoms with van der Waals surface area (Å²) in [6.45, 7) is 0.562. The van der Waals surface area contributed by atoms with Gasteiger partial charge in [0.1, 0.15) is 16.3 Å². The predicted octanol–water partition coefficient (Wildman–Crippen LogP) is 4.54. The van der Waals surface area contributed by atoms with Crippen LogP contribution in [0.4, 0.5) is 28.4 Å². The Labute approximate surface area is 204 Å². The van der Waals surface area contributed by atoms with Crippen LogP contribution >= 0.6 is 11.3 Å². The molecule has 4 N–H and O–H groups in total. The van der Waals surface area contributed by atoms with Gasteiger partial charge in [0.2, 0.25) is 0 Å². The number of hydrogen-bond acceptors (Lipinski definition) is 8. The first-order valence-electron chi connectivity index (χ1n) is 10.9. The molecule has 0 aliphatic heterocycles. The number of rotatable bonds is 8. The van der Waals surface area contributed by atoms with E-state index in [0.29, 0.717) is 22.8 Å². The van der Waals surface area contributed by atoms with E-state index in [9.17, 15) is 14.4 Å². The number of benzene rings is 2. The van der Waals surface area contributed by atoms with E-state index in [4.69, 9.17) is 0 Å². The van der Waals surface area contributed by atoms with E-state index in [-0.39, 0.29) is 17.3 Å². The van der Waals surface area contributed by atoms with Crippen LogP contribution in [0, 0.1) is 0 Å². The minimum absolute atomic E-state index is 0.220. The lowest BCUT2D eigenvalue weighted by Crippen LogP contribution is -2.35. The standard InChI is InChI=1S/C26H21N5O3S/c1-27-21-22(24(33)23(21)32)30-16-6-8-17(9-7-16)31-26(34)25-20(11-13-35-25)29-14-15-10-12-28-19-5-3-2-4-18(15)19/h2-13,27,29-30H,14H2,1H3,(H,31,34). The molecule has 0 saturated carbocycles. The molecule has 5 aromatic rings. The molecule has 8 nitrogen and oxygen atoms in total. The van der Waals surface area contributed by atoms with Crippen molar-refractivity contribution in [3.05, 3.63) is 103 Å². The summed E-state index contributed by atoms with van der Waals surface area (Å²) in [5.74, 6) is -0.220. The molecule has 5 rings (SSSR count). The van der Waals surface area contributed by atoms with Crippen LogP contribution in [0.3, 0.4) is 0 Å². The lowest BCUT2D eigenvalue weighted by atomic mass is 10.1. The van der Waals surface area contributed by atoms with Crippen LogP contribution in [0.5, 0.6) is 0 Å². The number of carbonyl (C=O) groups is 1. The topological polar surface area (TPSA) is 112 Å². The number of amides is 1. The monoisotopic (exact) mass is 483 g/mol. The Morgan fingerprint density at radius 3 is 2.46 bits per heavy atom. The fourth-order valence-electron chi connectivity index (χ4n) is 3.84. The fourth-order valence-corrected chi connectivity index (χ4v) is 4.61. The third kappa shape index (κ3) is 4.36. The zero-order valence-electron chi connectivity index (χ0n) is 18.7. The van der Waals surface area contributed by atoms with Crippen molar-refractivity contribution in [2.75, 3.05) is 28.3 Å². The first-order valence-corrected chi connectivity index (χ1v) is 11.8. The number of hydrogen-bond donors (Lipinski definition) is 4. The summed E-state index contributed by atoms with van der Waals surface area (Å²) in [7, 11) is 1.59. The van der Waals surface area contributed by atoms with E-state index in [1.165, 1.54) is 11.3 Å². The van der Waals surface area contributed by atoms with Crippen molar-refractivity contribution in [2.24, 2.45) is 0 Å². The largest absolute Gasteiger partial charge is 0.383 e. The minimum Gasteiger partial charge on any atom is -0.383 e. The second-order valence-corrected chi connectivity index (χ2v) is 8.74. The molecule has 0 aliphatic carbocycles. The van der Waals surface area contributed by atoms with Crippen molar-refractivity contribution in [1.29, 1.82) is 0 Å². The van der Waals surface area contributed by atoms with Gasteiger partial charge in [-0.3, -0.25) is 19.4 Å². The number of pyridine rings is 1. The van der Waals surface area contributed by atoms with Gasteiger partial charge in [0.05, 0.1) is 11.2 Å². The molecule has 0 bridgehead atoms. The first-order chi connectivity index (χ1) is 17.0. The number of thiophene rings is 1. The molecule has 0 radical (unpaired) electrons. The molecular weight excluding hydrogens is 462 g/mol. The van der Waals surface area contributed by atoms with Crippen LogP contribution in [-0.2, 0) is 6.54 Å². The Hall–Kier alpha value is -4.50. The van der Waals surface area contributed by atoms with Gasteiger partial charge in [0, 0.05) is 36.6 Å². The number of para-hydroxylation sites is 1. The van der Waals surface area contributed by atoms with Crippen LogP contribution in [0.15, 0.2) is 81.8 Å². The van der Waals surface area contributed by atoms with Crippen molar-refractivity contribution in [2.45, 2.75) is 6.54 Å². The normalized spacial score (nSPS) is 10.9. The highest BCUT2D eigenvalue weighted by Crippen LogP contribution is 2.26. The Kier molecular flexibility index (Phi) is 5.99. The lowest BCUT2D eigenvalue weighted by molar-refractivity contribution is 0.103. The van der Waals surface area contributed by atoms with E-state index >= 15 is 0 Å². The van der Waals surface area contributed by atoms with E-state index in [1.807, 2.05) is 41.8 Å². The third-order valence-electron chi connectivity index (χ3n) is 5.65. The summed E-state index contributed by atoms with van der Waals surface area (Å²) in [6, 6.07) is 18.7. The second-order valence-electron chi connectivity index (χ2n) is 7.82. The minimum atomic E-state index is -0.552. The Morgan fingerprint density at radius 2 is 1.66 bits per heavy atom. The van der Waals surface area contributed by atoms with Gasteiger partial charge in [0.25, 0.3) is 16.8 Å². The Morgan fingerprint density at radius 1 is 0.914 bits per heavy atom. The average molecular weight is 484 g/mol. The SMILES string of the molecule is CNc1c(Nc2ccc(NC(=O)c3sccc3NCc3ccnc4ccccc34)cc2)c(=O)c1=O. The lowest BCUT2D eigenvalue weighted by Gasteiger charge is -2.13. The molecule has 0 saturated heterocycles. The molecule has 174 valence electrons. The van der Waals surface area contributed by atoms with Crippen molar-refractivity contribution in [1.82, 2.24) is 4.98 Å². The molecular formula is C26H21N5O3S. The predicted molar refractivity (Wildman–Crippen MR) is 142 cm³/mol. The van der Waals surface area contributed by atoms with Gasteiger partial charge in [0.15, 0.2) is 0 Å². The highest BCUT2D eigenvalue weighted by molar-refractivity contribution is 7.12. The molecule has 35 heavy (non-hydrogen) atoms. The van der Waals surface area contributed by atoms with Gasteiger partial charge in [-0.2, -0.15) is 0 Å². The van der Waals surface area contributed by atoms with Gasteiger partial charge in [-0.1, -0.05) is 18.2 Å². The zero-order chi connectivity index (χ0) is 24.4. The number of aromatic nitrogens is 1. The molecule has 0 spiro atoms. The Bertz CT molecular complexity index is 1590. The van der Waals surface area contributed by atoms with Gasteiger partial charge in [-0.15, -0.1) is 11.3 Å². The molecule has 3 aromatic carbocycles. The first kappa shape index (κ1) is 22.3. The van der Waals surface area contributed by atoms with Crippen molar-refractivity contribution in [3.63, 3.8) is 0 Å². The van der Waals surface area contributed by atoms with Crippen molar-refractivity contribution in [3.8, 4) is 0 Å². The zero-order valence-corrected chi connectivity index (χ0v) is 19.5. The third-order valence-corrected chi connectivity index (χ3v) is 6.57. The summed E-state index contributed by atoms with van der Waals surface area (Å²) in [6.07, 6.45) is 1.79. The summed E-state index contributed by atoms with van der Waals surface area (Å²) in [4.78, 5) is 41.2. The van der Waals surface area contributed by atoms with E-state index in [2.05, 4.69) is 26.3 Å². The highest BCUT2D eigenvalue weighted by atomic mass is 32.1. The summed E-state index contributed by atoms with van der Waals surface area (Å²) in [5, 5.41) is 14.9. The summed E-state index contributed by atoms with van der Waals surface area (Å²) < 4.78 is 0. The fraction of sp³-hybridized carbons (Fsp3) is 0.0769. The molecule has 0 fully saturated rings. The number of carbonyl (C=O) groups excluding carboxylic acids is 1. The maximum atomic E-state index is 12.9. The summed E-state index contributed by atoms with van der Waals surface area (Å²) in [5.41, 5.74) is 3.45. The quantitative estimate of drug-likeness (QED) is 0.240. The van der Waals surface area contributed by atoms with Crippen molar-refractivity contribution < 1.29 is 4.79 Å². The number of nitrogens with one attached hydrogen (secondary N) is 4. The van der Waals surface area contributed by atoms with Crippen LogP contribution in [-0.4, -0.2) is 17.9 Å². The van der Waals surface area contributed by atoms with Gasteiger partial charge in [-0.25, -0.2) is 0 Å². The number of anilines is 5. The number of nitrogens with zero attached hydrogens (tertiary/aromatic N) is 1. The van der Waals surface area contributed by atoms with E-state index in [1.54, 1.807) is 37.5 Å². The molecule has 1 amide bonds. The second kappa shape index (κ2) is 9.40. The average Bonchev–Trinajstić information content (AvgIpc) is 3.37. The smallest absolute Gasteiger partial charge is 0.267 e. The van der Waals surface area contributed by atoms with Gasteiger partial charge in [-0.05, 0) is 53.4 Å². The number of fused-ring (bicyclic) bond motifs is 1. The van der Waals surface area contributed by atoms with E-state index in [0.717, 1.165) is 22.2 Å². The van der Waals surface area contributed by atoms with Gasteiger partial charge >= 0.3 is 0 Å². The van der Waals surface area contributed by atoms with E-state index < -0.39 is 10.9 Å². The maximum absolute atomic E-state index is 12.9. The van der Waals surface area contributed by atoms with Crippen LogP contribution in [0.1, 0.15) is 15.2 Å². The highest BCUT2D eigenvalue weighted by Gasteiger charge is 2.19. The maximum Gasteiger partial charge on any atom is 0.267 e. The molecule has 2 heterocycles. The van der Waals surface area contributed by atoms with Crippen LogP contribution in [0.2, 0.25) is 0 Å². The molecule has 0 atom stereocenters. The van der Waals surface area contributed by atoms with Crippen LogP contribution in [0.25, 0.3) is 10.9 Å². The molecule has 2 aromatic heterocycles. The van der Waals surface area contributed by atoms with Crippen LogP contribution < -0.4 is 32.1 Å². The molecule has 0 aliphatic rings. The van der Waals surface area contributed by atoms with Gasteiger partial charge < -0.3 is 21.3 Å². The molecule has 0 unspecified atom stereocenters. The molecule has 9 heteroatoms. The van der Waals surface area contributed by atoms with Crippen molar-refractivity contribution >= 4 is 56.6 Å². The summed E-state index contributed by atoms with van der Waals surface area (Å²) >= 11 is 1.36. The Balaban J connectivity index is 1.25.